The molecule has 0 bridgehead atoms. The van der Waals surface area contributed by atoms with Crippen molar-refractivity contribution in [2.45, 2.75) is 13.0 Å². The number of nitrogens with one attached hydrogen (secondary N) is 1. The number of hydrazone groups is 1. The fourth-order valence-corrected chi connectivity index (χ4v) is 3.42. The molecule has 0 saturated heterocycles. The molecule has 4 aromatic rings. The van der Waals surface area contributed by atoms with E-state index < -0.39 is 11.6 Å². The van der Waals surface area contributed by atoms with Crippen LogP contribution in [0.25, 0.3) is 0 Å². The maximum atomic E-state index is 12.9. The maximum absolute atomic E-state index is 12.9. The summed E-state index contributed by atoms with van der Waals surface area (Å²) >= 11 is 1.55. The SMILES string of the molecule is O=C(Cn1nc(Cc2cccs2)n(/N=C/c2cccnc2)c1=O)N/N=C/c1cccnc1. The zero-order chi connectivity index (χ0) is 22.2. The van der Waals surface area contributed by atoms with E-state index in [0.29, 0.717) is 12.2 Å². The minimum Gasteiger partial charge on any atom is -0.271 e. The number of hydrogen-bond donors (Lipinski definition) is 1. The summed E-state index contributed by atoms with van der Waals surface area (Å²) in [7, 11) is 0. The molecule has 0 saturated carbocycles. The van der Waals surface area contributed by atoms with E-state index in [0.717, 1.165) is 20.7 Å². The Morgan fingerprint density at radius 1 is 1.06 bits per heavy atom. The van der Waals surface area contributed by atoms with Crippen molar-refractivity contribution in [3.63, 3.8) is 0 Å². The summed E-state index contributed by atoms with van der Waals surface area (Å²) in [5.41, 5.74) is 3.33. The van der Waals surface area contributed by atoms with Crippen LogP contribution in [0.5, 0.6) is 0 Å². The highest BCUT2D eigenvalue weighted by molar-refractivity contribution is 7.09. The van der Waals surface area contributed by atoms with Crippen molar-refractivity contribution in [1.29, 1.82) is 0 Å². The summed E-state index contributed by atoms with van der Waals surface area (Å²) in [6.07, 6.45) is 9.93. The molecule has 0 aromatic carbocycles. The molecule has 0 aliphatic rings. The Kier molecular flexibility index (Phi) is 6.68. The molecule has 1 amide bonds. The Hall–Kier alpha value is -4.25. The minimum absolute atomic E-state index is 0.296. The highest BCUT2D eigenvalue weighted by Gasteiger charge is 2.16. The van der Waals surface area contributed by atoms with Gasteiger partial charge in [-0.2, -0.15) is 20.0 Å². The first-order valence-corrected chi connectivity index (χ1v) is 10.4. The molecule has 0 radical (unpaired) electrons. The second-order valence-electron chi connectivity index (χ2n) is 6.53. The van der Waals surface area contributed by atoms with Gasteiger partial charge in [-0.1, -0.05) is 18.2 Å². The second kappa shape index (κ2) is 10.2. The van der Waals surface area contributed by atoms with E-state index >= 15 is 0 Å². The van der Waals surface area contributed by atoms with Gasteiger partial charge < -0.3 is 0 Å². The van der Waals surface area contributed by atoms with Gasteiger partial charge >= 0.3 is 5.69 Å². The summed E-state index contributed by atoms with van der Waals surface area (Å²) in [5.74, 6) is -0.0694. The number of thiophene rings is 1. The summed E-state index contributed by atoms with van der Waals surface area (Å²) < 4.78 is 2.26. The van der Waals surface area contributed by atoms with Gasteiger partial charge in [-0.25, -0.2) is 14.9 Å². The van der Waals surface area contributed by atoms with E-state index in [1.807, 2.05) is 23.6 Å². The molecule has 4 rings (SSSR count). The smallest absolute Gasteiger partial charge is 0.271 e. The molecule has 0 aliphatic carbocycles. The number of amides is 1. The first-order chi connectivity index (χ1) is 15.7. The lowest BCUT2D eigenvalue weighted by molar-refractivity contribution is -0.121. The monoisotopic (exact) mass is 446 g/mol. The molecule has 0 atom stereocenters. The van der Waals surface area contributed by atoms with Crippen LogP contribution in [0, 0.1) is 0 Å². The van der Waals surface area contributed by atoms with Crippen LogP contribution in [0.1, 0.15) is 21.8 Å². The number of carbonyl (C=O) groups excluding carboxylic acids is 1. The lowest BCUT2D eigenvalue weighted by atomic mass is 10.3. The summed E-state index contributed by atoms with van der Waals surface area (Å²) in [6, 6.07) is 11.0. The number of hydrogen-bond acceptors (Lipinski definition) is 8. The lowest BCUT2D eigenvalue weighted by Crippen LogP contribution is -2.31. The highest BCUT2D eigenvalue weighted by Crippen LogP contribution is 2.13. The van der Waals surface area contributed by atoms with Crippen LogP contribution in [0.2, 0.25) is 0 Å². The fourth-order valence-electron chi connectivity index (χ4n) is 2.72. The van der Waals surface area contributed by atoms with Crippen LogP contribution in [-0.4, -0.2) is 42.8 Å². The zero-order valence-corrected chi connectivity index (χ0v) is 17.6. The average Bonchev–Trinajstić information content (AvgIpc) is 3.42. The van der Waals surface area contributed by atoms with Gasteiger partial charge in [0.15, 0.2) is 5.82 Å². The van der Waals surface area contributed by atoms with E-state index in [1.54, 1.807) is 54.3 Å². The number of carbonyl (C=O) groups is 1. The third-order valence-electron chi connectivity index (χ3n) is 4.18. The zero-order valence-electron chi connectivity index (χ0n) is 16.8. The van der Waals surface area contributed by atoms with Gasteiger partial charge in [0.2, 0.25) is 0 Å². The molecule has 1 N–H and O–H groups in total. The van der Waals surface area contributed by atoms with Crippen LogP contribution in [0.4, 0.5) is 0 Å². The van der Waals surface area contributed by atoms with E-state index in [-0.39, 0.29) is 6.54 Å². The molecule has 4 aromatic heterocycles. The standard InChI is InChI=1S/C21H18N8O2S/c30-20(26-24-13-16-4-1-7-22-11-16)15-28-21(31)29(25-14-17-5-2-8-23-12-17)19(27-28)10-18-6-3-9-32-18/h1-9,11-14H,10,15H2,(H,26,30)/b24-13+,25-14+. The molecular weight excluding hydrogens is 428 g/mol. The maximum Gasteiger partial charge on any atom is 0.367 e. The van der Waals surface area contributed by atoms with E-state index in [9.17, 15) is 9.59 Å². The summed E-state index contributed by atoms with van der Waals surface area (Å²) in [6.45, 7) is -0.296. The third kappa shape index (κ3) is 5.46. The second-order valence-corrected chi connectivity index (χ2v) is 7.57. The predicted molar refractivity (Wildman–Crippen MR) is 121 cm³/mol. The molecule has 0 unspecified atom stereocenters. The van der Waals surface area contributed by atoms with Gasteiger partial charge in [0.1, 0.15) is 6.54 Å². The molecular formula is C21H18N8O2S. The van der Waals surface area contributed by atoms with Crippen molar-refractivity contribution >= 4 is 29.7 Å². The van der Waals surface area contributed by atoms with E-state index in [1.165, 1.54) is 17.1 Å². The van der Waals surface area contributed by atoms with Gasteiger partial charge in [0, 0.05) is 47.2 Å². The van der Waals surface area contributed by atoms with Crippen molar-refractivity contribution in [3.05, 3.63) is 98.9 Å². The van der Waals surface area contributed by atoms with E-state index in [4.69, 9.17) is 0 Å². The molecule has 0 aliphatic heterocycles. The molecule has 160 valence electrons. The molecule has 11 heteroatoms. The summed E-state index contributed by atoms with van der Waals surface area (Å²) in [4.78, 5) is 34.2. The van der Waals surface area contributed by atoms with Gasteiger partial charge in [-0.15, -0.1) is 11.3 Å². The quantitative estimate of drug-likeness (QED) is 0.325. The van der Waals surface area contributed by atoms with Crippen LogP contribution < -0.4 is 11.1 Å². The third-order valence-corrected chi connectivity index (χ3v) is 5.06. The van der Waals surface area contributed by atoms with Gasteiger partial charge in [0.25, 0.3) is 5.91 Å². The van der Waals surface area contributed by atoms with E-state index in [2.05, 4.69) is 30.7 Å². The van der Waals surface area contributed by atoms with Gasteiger partial charge in [-0.3, -0.25) is 14.8 Å². The number of aromatic nitrogens is 5. The number of nitrogens with zero attached hydrogens (tertiary/aromatic N) is 7. The molecule has 4 heterocycles. The van der Waals surface area contributed by atoms with Gasteiger partial charge in [0.05, 0.1) is 12.4 Å². The Labute approximate surface area is 186 Å². The lowest BCUT2D eigenvalue weighted by Gasteiger charge is -1.98. The predicted octanol–water partition coefficient (Wildman–Crippen LogP) is 1.52. The average molecular weight is 446 g/mol. The Morgan fingerprint density at radius 3 is 2.47 bits per heavy atom. The molecule has 10 nitrogen and oxygen atoms in total. The molecule has 0 fully saturated rings. The molecule has 0 spiro atoms. The van der Waals surface area contributed by atoms with Crippen molar-refractivity contribution in [2.75, 3.05) is 0 Å². The topological polar surface area (TPSA) is 119 Å². The normalized spacial score (nSPS) is 11.4. The van der Waals surface area contributed by atoms with Crippen LogP contribution in [0.3, 0.4) is 0 Å². The van der Waals surface area contributed by atoms with Crippen LogP contribution in [-0.2, 0) is 17.8 Å². The van der Waals surface area contributed by atoms with Crippen LogP contribution >= 0.6 is 11.3 Å². The van der Waals surface area contributed by atoms with Crippen molar-refractivity contribution in [2.24, 2.45) is 10.2 Å². The highest BCUT2D eigenvalue weighted by atomic mass is 32.1. The van der Waals surface area contributed by atoms with Crippen LogP contribution in [0.15, 0.2) is 81.6 Å². The largest absolute Gasteiger partial charge is 0.367 e. The van der Waals surface area contributed by atoms with Gasteiger partial charge in [-0.05, 0) is 23.6 Å². The molecule has 32 heavy (non-hydrogen) atoms. The minimum atomic E-state index is -0.525. The Morgan fingerprint density at radius 2 is 1.81 bits per heavy atom. The Bertz CT molecular complexity index is 1280. The first kappa shape index (κ1) is 21.0. The fraction of sp³-hybridized carbons (Fsp3) is 0.0952. The first-order valence-electron chi connectivity index (χ1n) is 9.56. The number of rotatable bonds is 8. The van der Waals surface area contributed by atoms with Crippen molar-refractivity contribution in [3.8, 4) is 0 Å². The number of pyridine rings is 2. The van der Waals surface area contributed by atoms with Crippen molar-refractivity contribution < 1.29 is 4.79 Å². The van der Waals surface area contributed by atoms with Crippen molar-refractivity contribution in [1.82, 2.24) is 29.9 Å². The summed E-state index contributed by atoms with van der Waals surface area (Å²) in [5, 5.41) is 14.4. The Balaban J connectivity index is 1.53.